The van der Waals surface area contributed by atoms with E-state index in [1.54, 1.807) is 49.4 Å². The number of nitrogens with one attached hydrogen (secondary N) is 1. The van der Waals surface area contributed by atoms with Crippen molar-refractivity contribution < 1.29 is 18.0 Å². The molecule has 3 aromatic carbocycles. The van der Waals surface area contributed by atoms with Gasteiger partial charge in [-0.3, -0.25) is 13.9 Å². The molecule has 0 unspecified atom stereocenters. The largest absolute Gasteiger partial charge is 0.357 e. The summed E-state index contributed by atoms with van der Waals surface area (Å²) in [6, 6.07) is 15.8. The van der Waals surface area contributed by atoms with Crippen LogP contribution in [-0.2, 0) is 26.2 Å². The molecule has 0 bridgehead atoms. The number of amides is 2. The highest BCUT2D eigenvalue weighted by Gasteiger charge is 2.34. The van der Waals surface area contributed by atoms with Gasteiger partial charge < -0.3 is 10.2 Å². The molecule has 1 atom stereocenters. The molecular formula is C29H33Cl2N3O4S. The quantitative estimate of drug-likeness (QED) is 0.330. The van der Waals surface area contributed by atoms with Gasteiger partial charge in [0.15, 0.2) is 0 Å². The summed E-state index contributed by atoms with van der Waals surface area (Å²) in [5.41, 5.74) is 3.49. The molecule has 2 amide bonds. The Balaban J connectivity index is 2.12. The van der Waals surface area contributed by atoms with Crippen molar-refractivity contribution in [3.8, 4) is 0 Å². The van der Waals surface area contributed by atoms with Crippen LogP contribution in [-0.4, -0.2) is 44.8 Å². The molecule has 208 valence electrons. The zero-order valence-electron chi connectivity index (χ0n) is 22.7. The molecule has 39 heavy (non-hydrogen) atoms. The molecule has 0 aromatic heterocycles. The molecule has 0 aliphatic carbocycles. The second-order valence-electron chi connectivity index (χ2n) is 9.34. The van der Waals surface area contributed by atoms with E-state index in [0.29, 0.717) is 27.7 Å². The minimum absolute atomic E-state index is 0.00796. The Morgan fingerprint density at radius 3 is 2.23 bits per heavy atom. The first-order valence-electron chi connectivity index (χ1n) is 12.5. The molecule has 0 aliphatic rings. The predicted octanol–water partition coefficient (Wildman–Crippen LogP) is 5.67. The van der Waals surface area contributed by atoms with Gasteiger partial charge in [0, 0.05) is 23.6 Å². The number of sulfonamides is 1. The van der Waals surface area contributed by atoms with Gasteiger partial charge in [-0.2, -0.15) is 0 Å². The van der Waals surface area contributed by atoms with Gasteiger partial charge >= 0.3 is 0 Å². The molecule has 0 radical (unpaired) electrons. The minimum atomic E-state index is -4.14. The molecule has 1 N–H and O–H groups in total. The molecule has 0 saturated heterocycles. The standard InChI is InChI=1S/C29H33Cl2N3O4S/c1-6-26(29(36)32-5)33(17-22-12-13-23(30)16-25(22)31)28(35)18-34(27-9-7-8-20(3)21(27)4)39(37,38)24-14-10-19(2)11-15-24/h7-16,26H,6,17-18H2,1-5H3,(H,32,36)/t26-/m1/s1. The number of aryl methyl sites for hydroxylation is 2. The van der Waals surface area contributed by atoms with Gasteiger partial charge in [-0.1, -0.05) is 66.0 Å². The Morgan fingerprint density at radius 2 is 1.64 bits per heavy atom. The van der Waals surface area contributed by atoms with Crippen molar-refractivity contribution in [3.05, 3.63) is 93.0 Å². The fourth-order valence-electron chi connectivity index (χ4n) is 4.28. The van der Waals surface area contributed by atoms with Gasteiger partial charge in [0.1, 0.15) is 12.6 Å². The normalized spacial score (nSPS) is 12.1. The van der Waals surface area contributed by atoms with Gasteiger partial charge in [0.05, 0.1) is 10.6 Å². The molecule has 3 aromatic rings. The number of carbonyl (C=O) groups excluding carboxylic acids is 2. The van der Waals surface area contributed by atoms with E-state index in [1.807, 2.05) is 26.8 Å². The number of nitrogens with zero attached hydrogens (tertiary/aromatic N) is 2. The maximum Gasteiger partial charge on any atom is 0.264 e. The topological polar surface area (TPSA) is 86.8 Å². The minimum Gasteiger partial charge on any atom is -0.357 e. The average molecular weight is 591 g/mol. The average Bonchev–Trinajstić information content (AvgIpc) is 2.90. The third-order valence-corrected chi connectivity index (χ3v) is 9.08. The first kappa shape index (κ1) is 30.5. The van der Waals surface area contributed by atoms with Gasteiger partial charge in [-0.15, -0.1) is 0 Å². The van der Waals surface area contributed by atoms with Crippen LogP contribution >= 0.6 is 23.2 Å². The lowest BCUT2D eigenvalue weighted by molar-refractivity contribution is -0.140. The summed E-state index contributed by atoms with van der Waals surface area (Å²) >= 11 is 12.5. The van der Waals surface area contributed by atoms with E-state index in [4.69, 9.17) is 23.2 Å². The van der Waals surface area contributed by atoms with Crippen molar-refractivity contribution in [1.82, 2.24) is 10.2 Å². The third-order valence-electron chi connectivity index (χ3n) is 6.72. The van der Waals surface area contributed by atoms with Crippen molar-refractivity contribution >= 4 is 50.7 Å². The molecule has 0 heterocycles. The Kier molecular flexibility index (Phi) is 10.0. The van der Waals surface area contributed by atoms with E-state index >= 15 is 0 Å². The zero-order chi connectivity index (χ0) is 28.9. The van der Waals surface area contributed by atoms with Gasteiger partial charge in [0.25, 0.3) is 10.0 Å². The summed E-state index contributed by atoms with van der Waals surface area (Å²) in [5, 5.41) is 3.38. The van der Waals surface area contributed by atoms with Crippen molar-refractivity contribution in [2.45, 2.75) is 51.6 Å². The van der Waals surface area contributed by atoms with Crippen LogP contribution in [0.4, 0.5) is 5.69 Å². The number of hydrogen-bond donors (Lipinski definition) is 1. The van der Waals surface area contributed by atoms with Crippen LogP contribution in [0.15, 0.2) is 65.6 Å². The predicted molar refractivity (Wildman–Crippen MR) is 157 cm³/mol. The summed E-state index contributed by atoms with van der Waals surface area (Å²) in [4.78, 5) is 28.3. The summed E-state index contributed by atoms with van der Waals surface area (Å²) < 4.78 is 29.1. The number of carbonyl (C=O) groups is 2. The van der Waals surface area contributed by atoms with Crippen molar-refractivity contribution in [2.24, 2.45) is 0 Å². The van der Waals surface area contributed by atoms with E-state index in [0.717, 1.165) is 21.0 Å². The lowest BCUT2D eigenvalue weighted by Gasteiger charge is -2.33. The first-order chi connectivity index (χ1) is 18.4. The smallest absolute Gasteiger partial charge is 0.264 e. The highest BCUT2D eigenvalue weighted by Crippen LogP contribution is 2.30. The Labute approximate surface area is 240 Å². The molecule has 0 aliphatic heterocycles. The number of rotatable bonds is 10. The van der Waals surface area contributed by atoms with E-state index in [-0.39, 0.29) is 17.3 Å². The summed E-state index contributed by atoms with van der Waals surface area (Å²) in [6.45, 7) is 6.83. The maximum atomic E-state index is 14.0. The van der Waals surface area contributed by atoms with Gasteiger partial charge in [-0.25, -0.2) is 8.42 Å². The van der Waals surface area contributed by atoms with Crippen molar-refractivity contribution in [3.63, 3.8) is 0 Å². The lowest BCUT2D eigenvalue weighted by Crippen LogP contribution is -2.51. The van der Waals surface area contributed by atoms with Crippen molar-refractivity contribution in [1.29, 1.82) is 0 Å². The van der Waals surface area contributed by atoms with E-state index in [2.05, 4.69) is 5.32 Å². The number of likely N-dealkylation sites (N-methyl/N-ethyl adjacent to an activating group) is 1. The van der Waals surface area contributed by atoms with Crippen LogP contribution < -0.4 is 9.62 Å². The van der Waals surface area contributed by atoms with Crippen LogP contribution in [0.2, 0.25) is 10.0 Å². The molecule has 3 rings (SSSR count). The molecule has 7 nitrogen and oxygen atoms in total. The second-order valence-corrected chi connectivity index (χ2v) is 12.0. The molecule has 0 saturated carbocycles. The number of anilines is 1. The van der Waals surface area contributed by atoms with Crippen LogP contribution in [0.1, 0.15) is 35.6 Å². The van der Waals surface area contributed by atoms with Crippen LogP contribution in [0.3, 0.4) is 0 Å². The summed E-state index contributed by atoms with van der Waals surface area (Å²) in [7, 11) is -2.65. The SMILES string of the molecule is CC[C@H](C(=O)NC)N(Cc1ccc(Cl)cc1Cl)C(=O)CN(c1cccc(C)c1C)S(=O)(=O)c1ccc(C)cc1. The lowest BCUT2D eigenvalue weighted by atomic mass is 10.1. The maximum absolute atomic E-state index is 14.0. The van der Waals surface area contributed by atoms with Gasteiger partial charge in [-0.05, 0) is 74.2 Å². The van der Waals surface area contributed by atoms with Crippen LogP contribution in [0.5, 0.6) is 0 Å². The molecule has 0 fully saturated rings. The monoisotopic (exact) mass is 589 g/mol. The second kappa shape index (κ2) is 12.9. The summed E-state index contributed by atoms with van der Waals surface area (Å²) in [6.07, 6.45) is 0.310. The zero-order valence-corrected chi connectivity index (χ0v) is 25.0. The van der Waals surface area contributed by atoms with Crippen molar-refractivity contribution in [2.75, 3.05) is 17.9 Å². The number of benzene rings is 3. The molecular weight excluding hydrogens is 557 g/mol. The first-order valence-corrected chi connectivity index (χ1v) is 14.7. The Hall–Kier alpha value is -3.07. The Bertz CT molecular complexity index is 1460. The van der Waals surface area contributed by atoms with Crippen LogP contribution in [0.25, 0.3) is 0 Å². The van der Waals surface area contributed by atoms with E-state index in [9.17, 15) is 18.0 Å². The number of hydrogen-bond acceptors (Lipinski definition) is 4. The summed E-state index contributed by atoms with van der Waals surface area (Å²) in [5.74, 6) is -0.913. The third kappa shape index (κ3) is 6.93. The Morgan fingerprint density at radius 1 is 0.974 bits per heavy atom. The molecule has 10 heteroatoms. The van der Waals surface area contributed by atoms with Crippen LogP contribution in [0, 0.1) is 20.8 Å². The van der Waals surface area contributed by atoms with E-state index < -0.39 is 28.5 Å². The van der Waals surface area contributed by atoms with E-state index in [1.165, 1.54) is 24.1 Å². The number of halogens is 2. The fraction of sp³-hybridized carbons (Fsp3) is 0.310. The molecule has 0 spiro atoms. The van der Waals surface area contributed by atoms with Gasteiger partial charge in [0.2, 0.25) is 11.8 Å². The highest BCUT2D eigenvalue weighted by atomic mass is 35.5. The highest BCUT2D eigenvalue weighted by molar-refractivity contribution is 7.92. The fourth-order valence-corrected chi connectivity index (χ4v) is 6.22.